The number of carbonyl (C=O) groups excluding carboxylic acids is 1. The molecule has 0 atom stereocenters. The molecule has 2 rings (SSSR count). The minimum atomic E-state index is -0.535. The monoisotopic (exact) mass is 328 g/mol. The highest BCUT2D eigenvalue weighted by atomic mass is 79.9. The highest BCUT2D eigenvalue weighted by Crippen LogP contribution is 2.23. The molecule has 0 aromatic heterocycles. The molecule has 1 aliphatic rings. The molecule has 1 aliphatic heterocycles. The number of halogens is 2. The summed E-state index contributed by atoms with van der Waals surface area (Å²) >= 11 is 3.39. The first-order valence-corrected chi connectivity index (χ1v) is 7.16. The van der Waals surface area contributed by atoms with Crippen LogP contribution < -0.4 is 4.90 Å². The Morgan fingerprint density at radius 3 is 2.32 bits per heavy atom. The van der Waals surface area contributed by atoms with E-state index in [9.17, 15) is 9.18 Å². The molecule has 1 amide bonds. The number of hydrogen-bond acceptors (Lipinski definition) is 2. The maximum Gasteiger partial charge on any atom is 0.239 e. The van der Waals surface area contributed by atoms with Crippen LogP contribution in [0.4, 0.5) is 10.1 Å². The van der Waals surface area contributed by atoms with Gasteiger partial charge in [-0.3, -0.25) is 4.79 Å². The summed E-state index contributed by atoms with van der Waals surface area (Å²) < 4.78 is 13.2. The lowest BCUT2D eigenvalue weighted by Gasteiger charge is -2.38. The van der Waals surface area contributed by atoms with Gasteiger partial charge in [0.2, 0.25) is 5.91 Å². The number of amides is 1. The van der Waals surface area contributed by atoms with Gasteiger partial charge in [-0.15, -0.1) is 0 Å². The number of benzene rings is 1. The summed E-state index contributed by atoms with van der Waals surface area (Å²) in [6.45, 7) is 6.27. The Kier molecular flexibility index (Phi) is 4.13. The predicted molar refractivity (Wildman–Crippen MR) is 78.2 cm³/mol. The van der Waals surface area contributed by atoms with Crippen LogP contribution in [0.5, 0.6) is 0 Å². The molecule has 3 nitrogen and oxygen atoms in total. The van der Waals surface area contributed by atoms with E-state index in [0.29, 0.717) is 31.9 Å². The van der Waals surface area contributed by atoms with Crippen molar-refractivity contribution in [2.45, 2.75) is 18.2 Å². The second-order valence-electron chi connectivity index (χ2n) is 5.20. The molecule has 0 radical (unpaired) electrons. The molecule has 104 valence electrons. The molecule has 0 N–H and O–H groups in total. The molecule has 1 aromatic carbocycles. The minimum absolute atomic E-state index is 0.0840. The summed E-state index contributed by atoms with van der Waals surface area (Å²) in [5.74, 6) is -0.121. The van der Waals surface area contributed by atoms with Gasteiger partial charge < -0.3 is 9.80 Å². The van der Waals surface area contributed by atoms with Crippen LogP contribution in [-0.2, 0) is 4.79 Å². The first kappa shape index (κ1) is 14.3. The quantitative estimate of drug-likeness (QED) is 0.779. The highest BCUT2D eigenvalue weighted by Gasteiger charge is 2.31. The van der Waals surface area contributed by atoms with E-state index in [1.807, 2.05) is 29.7 Å². The molecule has 19 heavy (non-hydrogen) atoms. The molecule has 1 aromatic rings. The van der Waals surface area contributed by atoms with Crippen molar-refractivity contribution in [3.8, 4) is 0 Å². The summed E-state index contributed by atoms with van der Waals surface area (Å²) in [5, 5.41) is 0. The van der Waals surface area contributed by atoms with Gasteiger partial charge in [-0.1, -0.05) is 28.1 Å². The Morgan fingerprint density at radius 2 is 1.79 bits per heavy atom. The first-order chi connectivity index (χ1) is 8.89. The number of anilines is 1. The van der Waals surface area contributed by atoms with Crippen molar-refractivity contribution in [3.05, 3.63) is 30.1 Å². The van der Waals surface area contributed by atoms with Crippen molar-refractivity contribution >= 4 is 27.5 Å². The van der Waals surface area contributed by atoms with Crippen LogP contribution in [0.15, 0.2) is 24.3 Å². The Hall–Kier alpha value is -1.10. The fraction of sp³-hybridized carbons (Fsp3) is 0.500. The molecule has 1 saturated heterocycles. The molecule has 5 heteroatoms. The normalized spacial score (nSPS) is 16.6. The lowest BCUT2D eigenvalue weighted by Crippen LogP contribution is -2.52. The van der Waals surface area contributed by atoms with E-state index in [2.05, 4.69) is 15.9 Å². The summed E-state index contributed by atoms with van der Waals surface area (Å²) in [4.78, 5) is 15.9. The lowest BCUT2D eigenvalue weighted by molar-refractivity contribution is -0.133. The number of nitrogens with zero attached hydrogens (tertiary/aromatic N) is 2. The number of alkyl halides is 1. The van der Waals surface area contributed by atoms with E-state index < -0.39 is 4.32 Å². The highest BCUT2D eigenvalue weighted by molar-refractivity contribution is 9.10. The number of para-hydroxylation sites is 1. The summed E-state index contributed by atoms with van der Waals surface area (Å²) in [5.41, 5.74) is 0.618. The van der Waals surface area contributed by atoms with E-state index in [0.717, 1.165) is 0 Å². The topological polar surface area (TPSA) is 23.6 Å². The third kappa shape index (κ3) is 3.26. The third-order valence-corrected chi connectivity index (χ3v) is 3.61. The van der Waals surface area contributed by atoms with Gasteiger partial charge in [0.15, 0.2) is 0 Å². The Labute approximate surface area is 121 Å². The zero-order chi connectivity index (χ0) is 14.0. The standard InChI is InChI=1S/C14H18BrFN2O/c1-14(2,15)13(19)18-9-7-17(8-10-18)12-6-4-3-5-11(12)16/h3-6H,7-10H2,1-2H3. The van der Waals surface area contributed by atoms with E-state index in [1.165, 1.54) is 6.07 Å². The van der Waals surface area contributed by atoms with Gasteiger partial charge in [0.25, 0.3) is 0 Å². The Bertz CT molecular complexity index is 465. The molecule has 1 fully saturated rings. The van der Waals surface area contributed by atoms with Gasteiger partial charge in [-0.2, -0.15) is 0 Å². The summed E-state index contributed by atoms with van der Waals surface area (Å²) in [6.07, 6.45) is 0. The van der Waals surface area contributed by atoms with E-state index in [-0.39, 0.29) is 11.7 Å². The maximum atomic E-state index is 13.7. The predicted octanol–water partition coefficient (Wildman–Crippen LogP) is 2.65. The second kappa shape index (κ2) is 5.49. The molecule has 0 unspecified atom stereocenters. The van der Waals surface area contributed by atoms with Gasteiger partial charge in [0.05, 0.1) is 10.0 Å². The van der Waals surface area contributed by atoms with Crippen LogP contribution in [0.25, 0.3) is 0 Å². The number of rotatable bonds is 2. The van der Waals surface area contributed by atoms with Crippen LogP contribution in [0.2, 0.25) is 0 Å². The van der Waals surface area contributed by atoms with Crippen molar-refractivity contribution in [2.75, 3.05) is 31.1 Å². The van der Waals surface area contributed by atoms with Crippen molar-refractivity contribution < 1.29 is 9.18 Å². The number of piperazine rings is 1. The summed E-state index contributed by atoms with van der Waals surface area (Å²) in [6, 6.07) is 6.76. The van der Waals surface area contributed by atoms with Crippen LogP contribution >= 0.6 is 15.9 Å². The van der Waals surface area contributed by atoms with Crippen molar-refractivity contribution in [3.63, 3.8) is 0 Å². The number of carbonyl (C=O) groups is 1. The first-order valence-electron chi connectivity index (χ1n) is 6.37. The SMILES string of the molecule is CC(C)(Br)C(=O)N1CCN(c2ccccc2F)CC1. The Morgan fingerprint density at radius 1 is 1.21 bits per heavy atom. The zero-order valence-corrected chi connectivity index (χ0v) is 12.8. The van der Waals surface area contributed by atoms with Gasteiger partial charge in [0.1, 0.15) is 5.82 Å². The van der Waals surface area contributed by atoms with Gasteiger partial charge in [-0.25, -0.2) is 4.39 Å². The zero-order valence-electron chi connectivity index (χ0n) is 11.2. The van der Waals surface area contributed by atoms with Gasteiger partial charge in [0, 0.05) is 26.2 Å². The Balaban J connectivity index is 2.00. The van der Waals surface area contributed by atoms with Crippen molar-refractivity contribution in [1.29, 1.82) is 0 Å². The van der Waals surface area contributed by atoms with E-state index in [1.54, 1.807) is 12.1 Å². The van der Waals surface area contributed by atoms with Crippen LogP contribution in [-0.4, -0.2) is 41.3 Å². The molecule has 1 heterocycles. The van der Waals surface area contributed by atoms with Crippen molar-refractivity contribution in [2.24, 2.45) is 0 Å². The average molecular weight is 329 g/mol. The largest absolute Gasteiger partial charge is 0.366 e. The van der Waals surface area contributed by atoms with Crippen LogP contribution in [0.1, 0.15) is 13.8 Å². The van der Waals surface area contributed by atoms with Gasteiger partial charge >= 0.3 is 0 Å². The number of hydrogen-bond donors (Lipinski definition) is 0. The molecule has 0 saturated carbocycles. The molecular weight excluding hydrogens is 311 g/mol. The summed E-state index contributed by atoms with van der Waals surface area (Å²) in [7, 11) is 0. The van der Waals surface area contributed by atoms with Crippen LogP contribution in [0.3, 0.4) is 0 Å². The third-order valence-electron chi connectivity index (χ3n) is 3.27. The fourth-order valence-corrected chi connectivity index (χ4v) is 2.49. The lowest BCUT2D eigenvalue weighted by atomic mass is 10.1. The maximum absolute atomic E-state index is 13.7. The molecular formula is C14H18BrFN2O. The fourth-order valence-electron chi connectivity index (χ4n) is 2.23. The molecule has 0 bridgehead atoms. The van der Waals surface area contributed by atoms with Gasteiger partial charge in [-0.05, 0) is 26.0 Å². The smallest absolute Gasteiger partial charge is 0.239 e. The average Bonchev–Trinajstić information content (AvgIpc) is 2.38. The van der Waals surface area contributed by atoms with Crippen molar-refractivity contribution in [1.82, 2.24) is 4.90 Å². The minimum Gasteiger partial charge on any atom is -0.366 e. The van der Waals surface area contributed by atoms with E-state index >= 15 is 0 Å². The van der Waals surface area contributed by atoms with E-state index in [4.69, 9.17) is 0 Å². The van der Waals surface area contributed by atoms with Crippen LogP contribution in [0, 0.1) is 5.82 Å². The second-order valence-corrected chi connectivity index (χ2v) is 7.19. The molecule has 0 spiro atoms. The molecule has 0 aliphatic carbocycles.